The van der Waals surface area contributed by atoms with Crippen molar-refractivity contribution in [3.63, 3.8) is 0 Å². The molecule has 0 aliphatic rings. The monoisotopic (exact) mass is 367 g/mol. The molecule has 0 atom stereocenters. The first-order valence-electron chi connectivity index (χ1n) is 6.19. The van der Waals surface area contributed by atoms with E-state index in [2.05, 4.69) is 20.7 Å². The zero-order valence-corrected chi connectivity index (χ0v) is 13.7. The standard InChI is InChI=1S/C15H14BrNO3S/c1-21(19,20)17-14-7-5-12(6-8-14)15(18)10-11-3-2-4-13(16)9-11/h2-9,17H,10H2,1H3. The molecule has 0 spiro atoms. The molecule has 2 rings (SSSR count). The maximum atomic E-state index is 12.2. The summed E-state index contributed by atoms with van der Waals surface area (Å²) in [5, 5.41) is 0. The minimum absolute atomic E-state index is 0.0148. The van der Waals surface area contributed by atoms with E-state index < -0.39 is 10.0 Å². The Morgan fingerprint density at radius 2 is 1.81 bits per heavy atom. The molecule has 4 nitrogen and oxygen atoms in total. The van der Waals surface area contributed by atoms with Gasteiger partial charge in [0.25, 0.3) is 0 Å². The van der Waals surface area contributed by atoms with E-state index in [0.29, 0.717) is 17.7 Å². The van der Waals surface area contributed by atoms with Crippen LogP contribution in [0.4, 0.5) is 5.69 Å². The third-order valence-corrected chi connectivity index (χ3v) is 3.86. The molecule has 1 N–H and O–H groups in total. The van der Waals surface area contributed by atoms with Crippen LogP contribution in [0.15, 0.2) is 53.0 Å². The zero-order chi connectivity index (χ0) is 15.5. The third kappa shape index (κ3) is 4.99. The average molecular weight is 368 g/mol. The minimum Gasteiger partial charge on any atom is -0.294 e. The number of hydrogen-bond acceptors (Lipinski definition) is 3. The summed E-state index contributed by atoms with van der Waals surface area (Å²) in [6.07, 6.45) is 1.39. The van der Waals surface area contributed by atoms with Gasteiger partial charge in [-0.25, -0.2) is 8.42 Å². The molecule has 2 aromatic rings. The molecule has 0 aliphatic heterocycles. The van der Waals surface area contributed by atoms with E-state index in [9.17, 15) is 13.2 Å². The lowest BCUT2D eigenvalue weighted by molar-refractivity contribution is 0.0993. The Labute approximate surface area is 132 Å². The molecular weight excluding hydrogens is 354 g/mol. The van der Waals surface area contributed by atoms with Crippen LogP contribution in [0.1, 0.15) is 15.9 Å². The molecule has 0 bridgehead atoms. The minimum atomic E-state index is -3.30. The number of hydrogen-bond donors (Lipinski definition) is 1. The molecule has 0 unspecified atom stereocenters. The first-order chi connectivity index (χ1) is 9.83. The van der Waals surface area contributed by atoms with E-state index in [-0.39, 0.29) is 5.78 Å². The number of carbonyl (C=O) groups is 1. The Morgan fingerprint density at radius 1 is 1.14 bits per heavy atom. The van der Waals surface area contributed by atoms with Crippen molar-refractivity contribution < 1.29 is 13.2 Å². The van der Waals surface area contributed by atoms with Crippen LogP contribution in [-0.2, 0) is 16.4 Å². The van der Waals surface area contributed by atoms with Gasteiger partial charge in [0.2, 0.25) is 10.0 Å². The second kappa shape index (κ2) is 6.41. The Hall–Kier alpha value is -1.66. The maximum Gasteiger partial charge on any atom is 0.229 e. The fourth-order valence-electron chi connectivity index (χ4n) is 1.87. The molecule has 0 radical (unpaired) electrons. The van der Waals surface area contributed by atoms with Crippen LogP contribution in [0.3, 0.4) is 0 Å². The lowest BCUT2D eigenvalue weighted by Gasteiger charge is -2.05. The zero-order valence-electron chi connectivity index (χ0n) is 11.3. The quantitative estimate of drug-likeness (QED) is 0.825. The van der Waals surface area contributed by atoms with Crippen molar-refractivity contribution in [2.24, 2.45) is 0 Å². The highest BCUT2D eigenvalue weighted by atomic mass is 79.9. The molecule has 0 fully saturated rings. The van der Waals surface area contributed by atoms with Crippen molar-refractivity contribution in [3.8, 4) is 0 Å². The van der Waals surface area contributed by atoms with E-state index in [0.717, 1.165) is 16.3 Å². The maximum absolute atomic E-state index is 12.2. The van der Waals surface area contributed by atoms with Crippen molar-refractivity contribution in [2.75, 3.05) is 11.0 Å². The topological polar surface area (TPSA) is 63.2 Å². The fraction of sp³-hybridized carbons (Fsp3) is 0.133. The van der Waals surface area contributed by atoms with Crippen LogP contribution in [0.2, 0.25) is 0 Å². The SMILES string of the molecule is CS(=O)(=O)Nc1ccc(C(=O)Cc2cccc(Br)c2)cc1. The number of halogens is 1. The second-order valence-corrected chi connectivity index (χ2v) is 7.35. The summed E-state index contributed by atoms with van der Waals surface area (Å²) in [4.78, 5) is 12.2. The van der Waals surface area contributed by atoms with E-state index in [1.54, 1.807) is 24.3 Å². The van der Waals surface area contributed by atoms with Crippen molar-refractivity contribution in [3.05, 3.63) is 64.1 Å². The van der Waals surface area contributed by atoms with Crippen LogP contribution in [0.25, 0.3) is 0 Å². The van der Waals surface area contributed by atoms with Gasteiger partial charge < -0.3 is 0 Å². The molecule has 110 valence electrons. The van der Waals surface area contributed by atoms with Gasteiger partial charge in [-0.05, 0) is 42.0 Å². The van der Waals surface area contributed by atoms with Crippen molar-refractivity contribution in [1.29, 1.82) is 0 Å². The van der Waals surface area contributed by atoms with Crippen molar-refractivity contribution in [2.45, 2.75) is 6.42 Å². The van der Waals surface area contributed by atoms with Crippen LogP contribution in [-0.4, -0.2) is 20.5 Å². The second-order valence-electron chi connectivity index (χ2n) is 4.68. The highest BCUT2D eigenvalue weighted by Gasteiger charge is 2.08. The number of ketones is 1. The predicted octanol–water partition coefficient (Wildman–Crippen LogP) is 3.25. The van der Waals surface area contributed by atoms with Gasteiger partial charge in [-0.1, -0.05) is 28.1 Å². The lowest BCUT2D eigenvalue weighted by atomic mass is 10.0. The summed E-state index contributed by atoms with van der Waals surface area (Å²) in [5.41, 5.74) is 1.92. The number of Topliss-reactive ketones (excluding diaryl/α,β-unsaturated/α-hetero) is 1. The number of benzene rings is 2. The molecule has 21 heavy (non-hydrogen) atoms. The molecule has 0 heterocycles. The van der Waals surface area contributed by atoms with Crippen LogP contribution < -0.4 is 4.72 Å². The van der Waals surface area contributed by atoms with E-state index in [1.165, 1.54) is 0 Å². The van der Waals surface area contributed by atoms with Crippen molar-refractivity contribution in [1.82, 2.24) is 0 Å². The smallest absolute Gasteiger partial charge is 0.229 e. The molecule has 0 saturated carbocycles. The Morgan fingerprint density at radius 3 is 2.38 bits per heavy atom. The first-order valence-corrected chi connectivity index (χ1v) is 8.87. The number of carbonyl (C=O) groups excluding carboxylic acids is 1. The van der Waals surface area contributed by atoms with E-state index in [4.69, 9.17) is 0 Å². The van der Waals surface area contributed by atoms with Gasteiger partial charge in [0.1, 0.15) is 0 Å². The van der Waals surface area contributed by atoms with E-state index >= 15 is 0 Å². The van der Waals surface area contributed by atoms with Gasteiger partial charge in [-0.2, -0.15) is 0 Å². The average Bonchev–Trinajstić information content (AvgIpc) is 2.37. The van der Waals surface area contributed by atoms with Gasteiger partial charge in [0.05, 0.1) is 6.26 Å². The fourth-order valence-corrected chi connectivity index (χ4v) is 2.88. The molecule has 6 heteroatoms. The summed E-state index contributed by atoms with van der Waals surface area (Å²) in [7, 11) is -3.30. The summed E-state index contributed by atoms with van der Waals surface area (Å²) in [5.74, 6) is -0.0148. The summed E-state index contributed by atoms with van der Waals surface area (Å²) in [6, 6.07) is 14.0. The number of nitrogens with one attached hydrogen (secondary N) is 1. The third-order valence-electron chi connectivity index (χ3n) is 2.76. The normalized spacial score (nSPS) is 11.1. The molecule has 0 amide bonds. The van der Waals surface area contributed by atoms with E-state index in [1.807, 2.05) is 24.3 Å². The number of anilines is 1. The molecule has 0 aromatic heterocycles. The van der Waals surface area contributed by atoms with Gasteiger partial charge in [-0.3, -0.25) is 9.52 Å². The highest BCUT2D eigenvalue weighted by Crippen LogP contribution is 2.16. The number of rotatable bonds is 5. The molecule has 0 saturated heterocycles. The van der Waals surface area contributed by atoms with Gasteiger partial charge >= 0.3 is 0 Å². The molecule has 2 aromatic carbocycles. The summed E-state index contributed by atoms with van der Waals surface area (Å²) in [6.45, 7) is 0. The Bertz CT molecular complexity index is 755. The van der Waals surface area contributed by atoms with Crippen molar-refractivity contribution >= 4 is 37.4 Å². The van der Waals surface area contributed by atoms with Gasteiger partial charge in [0.15, 0.2) is 5.78 Å². The highest BCUT2D eigenvalue weighted by molar-refractivity contribution is 9.10. The number of sulfonamides is 1. The molecule has 0 aliphatic carbocycles. The predicted molar refractivity (Wildman–Crippen MR) is 87.1 cm³/mol. The lowest BCUT2D eigenvalue weighted by Crippen LogP contribution is -2.10. The first kappa shape index (κ1) is 15.7. The Balaban J connectivity index is 2.10. The van der Waals surface area contributed by atoms with Crippen LogP contribution >= 0.6 is 15.9 Å². The van der Waals surface area contributed by atoms with Gasteiger partial charge in [-0.15, -0.1) is 0 Å². The summed E-state index contributed by atoms with van der Waals surface area (Å²) >= 11 is 3.37. The largest absolute Gasteiger partial charge is 0.294 e. The molecular formula is C15H14BrNO3S. The van der Waals surface area contributed by atoms with Crippen LogP contribution in [0, 0.1) is 0 Å². The van der Waals surface area contributed by atoms with Crippen LogP contribution in [0.5, 0.6) is 0 Å². The van der Waals surface area contributed by atoms with Gasteiger partial charge in [0, 0.05) is 22.1 Å². The summed E-state index contributed by atoms with van der Waals surface area (Å²) < 4.78 is 25.5. The Kier molecular flexibility index (Phi) is 4.80.